The largest absolute Gasteiger partial charge is 0.350 e. The normalized spacial score (nSPS) is 17.4. The lowest BCUT2D eigenvalue weighted by atomic mass is 10.1. The Morgan fingerprint density at radius 3 is 2.61 bits per heavy atom. The van der Waals surface area contributed by atoms with Crippen LogP contribution in [0, 0.1) is 6.92 Å². The third-order valence-corrected chi connectivity index (χ3v) is 5.82. The first-order valence-electron chi connectivity index (χ1n) is 9.47. The molecule has 0 radical (unpaired) electrons. The highest BCUT2D eigenvalue weighted by molar-refractivity contribution is 8.18. The minimum absolute atomic E-state index is 0.0330. The van der Waals surface area contributed by atoms with Gasteiger partial charge in [0.2, 0.25) is 0 Å². The minimum atomic E-state index is 0.0330. The summed E-state index contributed by atoms with van der Waals surface area (Å²) in [5, 5.41) is 1.90. The van der Waals surface area contributed by atoms with Crippen molar-refractivity contribution in [1.82, 2.24) is 9.47 Å². The van der Waals surface area contributed by atoms with Gasteiger partial charge in [0, 0.05) is 36.3 Å². The highest BCUT2D eigenvalue weighted by Gasteiger charge is 2.33. The molecule has 4 rings (SSSR count). The van der Waals surface area contributed by atoms with Crippen molar-refractivity contribution in [2.75, 3.05) is 6.54 Å². The number of amidine groups is 1. The summed E-state index contributed by atoms with van der Waals surface area (Å²) in [6, 6.07) is 16.3. The van der Waals surface area contributed by atoms with Gasteiger partial charge >= 0.3 is 0 Å². The predicted molar refractivity (Wildman–Crippen MR) is 119 cm³/mol. The standard InChI is InChI=1S/C23H23N3OS/c1-4-13-26-22(27)21(28-23(26)24-18-11-9-16(2)10-12-18)14-17-15-25(3)20-8-6-5-7-19(17)20/h5-12,14-15H,4,13H2,1-3H3/b21-14+,24-23?. The van der Waals surface area contributed by atoms with Crippen molar-refractivity contribution in [1.29, 1.82) is 0 Å². The van der Waals surface area contributed by atoms with E-state index in [0.29, 0.717) is 6.54 Å². The Morgan fingerprint density at radius 2 is 1.86 bits per heavy atom. The van der Waals surface area contributed by atoms with E-state index in [1.807, 2.05) is 49.5 Å². The minimum Gasteiger partial charge on any atom is -0.350 e. The number of carbonyl (C=O) groups is 1. The van der Waals surface area contributed by atoms with Crippen molar-refractivity contribution in [2.24, 2.45) is 12.0 Å². The number of thioether (sulfide) groups is 1. The van der Waals surface area contributed by atoms with Crippen LogP contribution in [0.5, 0.6) is 0 Å². The van der Waals surface area contributed by atoms with E-state index in [2.05, 4.69) is 36.7 Å². The van der Waals surface area contributed by atoms with E-state index >= 15 is 0 Å². The van der Waals surface area contributed by atoms with Gasteiger partial charge in [-0.2, -0.15) is 0 Å². The first-order chi connectivity index (χ1) is 13.6. The van der Waals surface area contributed by atoms with E-state index in [0.717, 1.165) is 38.6 Å². The predicted octanol–water partition coefficient (Wildman–Crippen LogP) is 5.50. The summed E-state index contributed by atoms with van der Waals surface area (Å²) >= 11 is 1.46. The quantitative estimate of drug-likeness (QED) is 0.553. The number of fused-ring (bicyclic) bond motifs is 1. The van der Waals surface area contributed by atoms with E-state index in [9.17, 15) is 4.79 Å². The Kier molecular flexibility index (Phi) is 5.09. The van der Waals surface area contributed by atoms with E-state index in [1.54, 1.807) is 4.90 Å². The Balaban J connectivity index is 1.73. The summed E-state index contributed by atoms with van der Waals surface area (Å²) in [5.41, 5.74) is 4.28. The summed E-state index contributed by atoms with van der Waals surface area (Å²) in [4.78, 5) is 20.3. The lowest BCUT2D eigenvalue weighted by molar-refractivity contribution is -0.122. The number of hydrogen-bond donors (Lipinski definition) is 0. The van der Waals surface area contributed by atoms with Crippen LogP contribution in [0.1, 0.15) is 24.5 Å². The summed E-state index contributed by atoms with van der Waals surface area (Å²) in [6.45, 7) is 4.80. The number of rotatable bonds is 4. The van der Waals surface area contributed by atoms with Gasteiger partial charge in [0.05, 0.1) is 10.6 Å². The fourth-order valence-electron chi connectivity index (χ4n) is 3.37. The maximum absolute atomic E-state index is 13.0. The second-order valence-corrected chi connectivity index (χ2v) is 8.02. The number of para-hydroxylation sites is 1. The van der Waals surface area contributed by atoms with Crippen LogP contribution in [0.25, 0.3) is 17.0 Å². The number of amides is 1. The highest BCUT2D eigenvalue weighted by Crippen LogP contribution is 2.35. The van der Waals surface area contributed by atoms with E-state index in [1.165, 1.54) is 17.3 Å². The molecule has 1 aromatic heterocycles. The average Bonchev–Trinajstić information content (AvgIpc) is 3.16. The Morgan fingerprint density at radius 1 is 1.11 bits per heavy atom. The molecule has 0 spiro atoms. The second kappa shape index (κ2) is 7.68. The van der Waals surface area contributed by atoms with E-state index in [-0.39, 0.29) is 5.91 Å². The van der Waals surface area contributed by atoms with Crippen LogP contribution in [0.2, 0.25) is 0 Å². The van der Waals surface area contributed by atoms with Gasteiger partial charge in [-0.05, 0) is 49.4 Å². The summed E-state index contributed by atoms with van der Waals surface area (Å²) in [7, 11) is 2.03. The van der Waals surface area contributed by atoms with Crippen LogP contribution >= 0.6 is 11.8 Å². The Hall–Kier alpha value is -2.79. The van der Waals surface area contributed by atoms with Crippen molar-refractivity contribution in [3.05, 3.63) is 70.8 Å². The van der Waals surface area contributed by atoms with Crippen molar-refractivity contribution in [3.63, 3.8) is 0 Å². The Bertz CT molecular complexity index is 1090. The molecule has 1 fully saturated rings. The molecule has 2 aromatic carbocycles. The van der Waals surface area contributed by atoms with Crippen molar-refractivity contribution >= 4 is 45.5 Å². The molecule has 4 nitrogen and oxygen atoms in total. The van der Waals surface area contributed by atoms with Gasteiger partial charge in [0.25, 0.3) is 5.91 Å². The van der Waals surface area contributed by atoms with Crippen LogP contribution in [-0.4, -0.2) is 27.1 Å². The van der Waals surface area contributed by atoms with Gasteiger partial charge in [-0.15, -0.1) is 0 Å². The summed E-state index contributed by atoms with van der Waals surface area (Å²) < 4.78 is 2.09. The molecule has 5 heteroatoms. The fraction of sp³-hybridized carbons (Fsp3) is 0.217. The lowest BCUT2D eigenvalue weighted by Gasteiger charge is -2.13. The molecular weight excluding hydrogens is 366 g/mol. The molecule has 0 saturated carbocycles. The third kappa shape index (κ3) is 3.50. The molecule has 1 saturated heterocycles. The number of nitrogens with zero attached hydrogens (tertiary/aromatic N) is 3. The van der Waals surface area contributed by atoms with Gasteiger partial charge in [-0.25, -0.2) is 4.99 Å². The molecule has 1 aliphatic heterocycles. The van der Waals surface area contributed by atoms with Gasteiger partial charge in [0.15, 0.2) is 5.17 Å². The molecule has 0 bridgehead atoms. The number of carbonyl (C=O) groups excluding carboxylic acids is 1. The maximum Gasteiger partial charge on any atom is 0.266 e. The molecular formula is C23H23N3OS. The van der Waals surface area contributed by atoms with Crippen LogP contribution in [0.15, 0.2) is 64.6 Å². The van der Waals surface area contributed by atoms with Gasteiger partial charge in [0.1, 0.15) is 0 Å². The molecule has 1 aliphatic rings. The molecule has 142 valence electrons. The average molecular weight is 390 g/mol. The monoisotopic (exact) mass is 389 g/mol. The molecule has 0 aliphatic carbocycles. The smallest absolute Gasteiger partial charge is 0.266 e. The summed E-state index contributed by atoms with van der Waals surface area (Å²) in [6.07, 6.45) is 4.96. The van der Waals surface area contributed by atoms with E-state index < -0.39 is 0 Å². The zero-order valence-electron chi connectivity index (χ0n) is 16.3. The second-order valence-electron chi connectivity index (χ2n) is 7.01. The number of aliphatic imine (C=N–C) groups is 1. The lowest BCUT2D eigenvalue weighted by Crippen LogP contribution is -2.29. The van der Waals surface area contributed by atoms with Crippen molar-refractivity contribution < 1.29 is 4.79 Å². The number of benzene rings is 2. The van der Waals surface area contributed by atoms with Crippen LogP contribution in [0.3, 0.4) is 0 Å². The zero-order chi connectivity index (χ0) is 19.7. The highest BCUT2D eigenvalue weighted by atomic mass is 32.2. The first-order valence-corrected chi connectivity index (χ1v) is 10.3. The first kappa shape index (κ1) is 18.6. The molecule has 0 N–H and O–H groups in total. The van der Waals surface area contributed by atoms with Gasteiger partial charge < -0.3 is 4.57 Å². The molecule has 28 heavy (non-hydrogen) atoms. The SMILES string of the molecule is CCCN1C(=O)/C(=C\c2cn(C)c3ccccc23)SC1=Nc1ccc(C)cc1. The zero-order valence-corrected chi connectivity index (χ0v) is 17.2. The van der Waals surface area contributed by atoms with Crippen molar-refractivity contribution in [2.45, 2.75) is 20.3 Å². The fourth-order valence-corrected chi connectivity index (χ4v) is 4.39. The molecule has 2 heterocycles. The summed E-state index contributed by atoms with van der Waals surface area (Å²) in [5.74, 6) is 0.0330. The molecule has 1 amide bonds. The third-order valence-electron chi connectivity index (χ3n) is 4.81. The number of aryl methyl sites for hydroxylation is 2. The van der Waals surface area contributed by atoms with E-state index in [4.69, 9.17) is 4.99 Å². The van der Waals surface area contributed by atoms with Crippen molar-refractivity contribution in [3.8, 4) is 0 Å². The maximum atomic E-state index is 13.0. The molecule has 0 atom stereocenters. The van der Waals surface area contributed by atoms with Crippen LogP contribution in [-0.2, 0) is 11.8 Å². The topological polar surface area (TPSA) is 37.6 Å². The Labute approximate surface area is 169 Å². The number of aromatic nitrogens is 1. The van der Waals surface area contributed by atoms with Gasteiger partial charge in [-0.3, -0.25) is 9.69 Å². The van der Waals surface area contributed by atoms with Gasteiger partial charge in [-0.1, -0.05) is 42.8 Å². The number of hydrogen-bond acceptors (Lipinski definition) is 3. The molecule has 3 aromatic rings. The van der Waals surface area contributed by atoms with Crippen LogP contribution < -0.4 is 0 Å². The molecule has 0 unspecified atom stereocenters. The van der Waals surface area contributed by atoms with Crippen LogP contribution in [0.4, 0.5) is 5.69 Å².